The van der Waals surface area contributed by atoms with Crippen molar-refractivity contribution in [2.75, 3.05) is 33.9 Å². The largest absolute Gasteiger partial charge is 0.495 e. The van der Waals surface area contributed by atoms with Gasteiger partial charge in [-0.2, -0.15) is 4.31 Å². The van der Waals surface area contributed by atoms with Gasteiger partial charge in [-0.3, -0.25) is 4.79 Å². The topological polar surface area (TPSA) is 84.9 Å². The molecule has 146 valence electrons. The maximum absolute atomic E-state index is 13.6. The van der Waals surface area contributed by atoms with Crippen molar-refractivity contribution in [1.29, 1.82) is 0 Å². The van der Waals surface area contributed by atoms with Crippen molar-refractivity contribution in [2.45, 2.75) is 30.7 Å². The second kappa shape index (κ2) is 8.79. The van der Waals surface area contributed by atoms with E-state index in [9.17, 15) is 17.6 Å². The van der Waals surface area contributed by atoms with Crippen molar-refractivity contribution in [2.24, 2.45) is 5.92 Å². The molecule has 0 radical (unpaired) electrons. The molecule has 0 aromatic heterocycles. The summed E-state index contributed by atoms with van der Waals surface area (Å²) in [5, 5.41) is 2.82. The summed E-state index contributed by atoms with van der Waals surface area (Å²) in [6.07, 6.45) is 1.14. The van der Waals surface area contributed by atoms with Gasteiger partial charge in [0.15, 0.2) is 0 Å². The third-order valence-electron chi connectivity index (χ3n) is 4.30. The average molecular weight is 388 g/mol. The molecule has 2 rings (SSSR count). The van der Waals surface area contributed by atoms with Gasteiger partial charge in [0.25, 0.3) is 0 Å². The van der Waals surface area contributed by atoms with Crippen LogP contribution in [0.5, 0.6) is 5.75 Å². The summed E-state index contributed by atoms with van der Waals surface area (Å²) in [5.41, 5.74) is 0. The number of ether oxygens (including phenoxy) is 2. The average Bonchev–Trinajstić information content (AvgIpc) is 2.62. The van der Waals surface area contributed by atoms with Crippen molar-refractivity contribution in [3.8, 4) is 5.75 Å². The molecule has 26 heavy (non-hydrogen) atoms. The second-order valence-corrected chi connectivity index (χ2v) is 8.27. The van der Waals surface area contributed by atoms with Crippen LogP contribution in [-0.4, -0.2) is 58.6 Å². The third-order valence-corrected chi connectivity index (χ3v) is 6.19. The van der Waals surface area contributed by atoms with Gasteiger partial charge in [0.2, 0.25) is 15.9 Å². The third kappa shape index (κ3) is 4.72. The molecule has 1 aliphatic rings. The SMILES string of the molecule is COC[C@H](C)NC(=O)[C@@H]1CCCN(S(=O)(=O)c2cc(F)ccc2OC)C1. The predicted molar refractivity (Wildman–Crippen MR) is 93.9 cm³/mol. The molecule has 1 aromatic carbocycles. The molecular weight excluding hydrogens is 363 g/mol. The Labute approximate surface area is 153 Å². The Morgan fingerprint density at radius 1 is 1.42 bits per heavy atom. The summed E-state index contributed by atoms with van der Waals surface area (Å²) < 4.78 is 50.7. The lowest BCUT2D eigenvalue weighted by Gasteiger charge is -2.32. The number of carbonyl (C=O) groups excluding carboxylic acids is 1. The van der Waals surface area contributed by atoms with Crippen LogP contribution in [0.25, 0.3) is 0 Å². The fourth-order valence-electron chi connectivity index (χ4n) is 3.02. The summed E-state index contributed by atoms with van der Waals surface area (Å²) in [6, 6.07) is 3.20. The summed E-state index contributed by atoms with van der Waals surface area (Å²) >= 11 is 0. The molecule has 1 aliphatic heterocycles. The smallest absolute Gasteiger partial charge is 0.246 e. The first kappa shape index (κ1) is 20.6. The van der Waals surface area contributed by atoms with Gasteiger partial charge < -0.3 is 14.8 Å². The van der Waals surface area contributed by atoms with E-state index in [-0.39, 0.29) is 35.7 Å². The Bertz CT molecular complexity index is 741. The van der Waals surface area contributed by atoms with Crippen LogP contribution in [0.1, 0.15) is 19.8 Å². The second-order valence-electron chi connectivity index (χ2n) is 6.36. The number of methoxy groups -OCH3 is 2. The van der Waals surface area contributed by atoms with Crippen molar-refractivity contribution in [3.05, 3.63) is 24.0 Å². The highest BCUT2D eigenvalue weighted by Gasteiger charge is 2.35. The lowest BCUT2D eigenvalue weighted by molar-refractivity contribution is -0.127. The van der Waals surface area contributed by atoms with E-state index < -0.39 is 21.8 Å². The molecule has 2 atom stereocenters. The van der Waals surface area contributed by atoms with E-state index in [0.29, 0.717) is 19.4 Å². The molecule has 0 spiro atoms. The van der Waals surface area contributed by atoms with Crippen LogP contribution in [0, 0.1) is 11.7 Å². The number of halogens is 1. The highest BCUT2D eigenvalue weighted by Crippen LogP contribution is 2.30. The predicted octanol–water partition coefficient (Wildman–Crippen LogP) is 1.39. The van der Waals surface area contributed by atoms with Gasteiger partial charge in [-0.25, -0.2) is 12.8 Å². The number of hydrogen-bond acceptors (Lipinski definition) is 5. The van der Waals surface area contributed by atoms with E-state index in [2.05, 4.69) is 5.32 Å². The van der Waals surface area contributed by atoms with Crippen molar-refractivity contribution >= 4 is 15.9 Å². The first-order valence-corrected chi connectivity index (χ1v) is 9.86. The number of piperidine rings is 1. The van der Waals surface area contributed by atoms with E-state index in [1.165, 1.54) is 17.5 Å². The van der Waals surface area contributed by atoms with E-state index in [1.807, 2.05) is 6.92 Å². The zero-order valence-corrected chi connectivity index (χ0v) is 16.0. The van der Waals surface area contributed by atoms with E-state index in [1.54, 1.807) is 7.11 Å². The van der Waals surface area contributed by atoms with E-state index in [4.69, 9.17) is 9.47 Å². The van der Waals surface area contributed by atoms with Crippen molar-refractivity contribution in [1.82, 2.24) is 9.62 Å². The quantitative estimate of drug-likeness (QED) is 0.763. The summed E-state index contributed by atoms with van der Waals surface area (Å²) in [4.78, 5) is 12.2. The fraction of sp³-hybridized carbons (Fsp3) is 0.588. The minimum absolute atomic E-state index is 0.0491. The molecule has 1 aromatic rings. The van der Waals surface area contributed by atoms with E-state index in [0.717, 1.165) is 12.1 Å². The summed E-state index contributed by atoms with van der Waals surface area (Å²) in [5.74, 6) is -1.26. The number of sulfonamides is 1. The van der Waals surface area contributed by atoms with Crippen LogP contribution < -0.4 is 10.1 Å². The van der Waals surface area contributed by atoms with Crippen LogP contribution in [0.3, 0.4) is 0 Å². The number of amides is 1. The van der Waals surface area contributed by atoms with Crippen molar-refractivity contribution < 1.29 is 27.1 Å². The standard InChI is InChI=1S/C17H25FN2O5S/c1-12(11-24-2)19-17(21)13-5-4-8-20(10-13)26(22,23)16-9-14(18)6-7-15(16)25-3/h6-7,9,12-13H,4-5,8,10-11H2,1-3H3,(H,19,21)/t12-,13+/m0/s1. The number of benzene rings is 1. The molecule has 1 N–H and O–H groups in total. The number of rotatable bonds is 7. The lowest BCUT2D eigenvalue weighted by Crippen LogP contribution is -2.47. The molecule has 0 aliphatic carbocycles. The van der Waals surface area contributed by atoms with E-state index >= 15 is 0 Å². The molecular formula is C17H25FN2O5S. The monoisotopic (exact) mass is 388 g/mol. The number of hydrogen-bond donors (Lipinski definition) is 1. The first-order valence-electron chi connectivity index (χ1n) is 8.42. The Kier molecular flexibility index (Phi) is 6.96. The van der Waals surface area contributed by atoms with Crippen LogP contribution in [-0.2, 0) is 19.6 Å². The number of nitrogens with zero attached hydrogens (tertiary/aromatic N) is 1. The zero-order valence-electron chi connectivity index (χ0n) is 15.2. The fourth-order valence-corrected chi connectivity index (χ4v) is 4.71. The van der Waals surface area contributed by atoms with Gasteiger partial charge in [-0.15, -0.1) is 0 Å². The van der Waals surface area contributed by atoms with Gasteiger partial charge in [-0.1, -0.05) is 0 Å². The molecule has 9 heteroatoms. The molecule has 7 nitrogen and oxygen atoms in total. The molecule has 1 amide bonds. The molecule has 1 heterocycles. The Morgan fingerprint density at radius 2 is 2.15 bits per heavy atom. The lowest BCUT2D eigenvalue weighted by atomic mass is 9.98. The Hall–Kier alpha value is -1.71. The first-order chi connectivity index (χ1) is 12.3. The minimum Gasteiger partial charge on any atom is -0.495 e. The van der Waals surface area contributed by atoms with Gasteiger partial charge >= 0.3 is 0 Å². The van der Waals surface area contributed by atoms with Gasteiger partial charge in [0.1, 0.15) is 16.5 Å². The van der Waals surface area contributed by atoms with Crippen LogP contribution in [0.4, 0.5) is 4.39 Å². The molecule has 0 unspecified atom stereocenters. The maximum Gasteiger partial charge on any atom is 0.246 e. The molecule has 1 fully saturated rings. The van der Waals surface area contributed by atoms with Gasteiger partial charge in [0.05, 0.1) is 19.6 Å². The molecule has 0 saturated carbocycles. The molecule has 1 saturated heterocycles. The highest BCUT2D eigenvalue weighted by molar-refractivity contribution is 7.89. The highest BCUT2D eigenvalue weighted by atomic mass is 32.2. The maximum atomic E-state index is 13.6. The van der Waals surface area contributed by atoms with Crippen molar-refractivity contribution in [3.63, 3.8) is 0 Å². The molecule has 0 bridgehead atoms. The minimum atomic E-state index is -3.97. The summed E-state index contributed by atoms with van der Waals surface area (Å²) in [6.45, 7) is 2.52. The summed E-state index contributed by atoms with van der Waals surface area (Å²) in [7, 11) is -1.09. The Morgan fingerprint density at radius 3 is 2.81 bits per heavy atom. The Balaban J connectivity index is 2.18. The van der Waals surface area contributed by atoms with Gasteiger partial charge in [0, 0.05) is 26.2 Å². The van der Waals surface area contributed by atoms with Crippen LogP contribution >= 0.6 is 0 Å². The normalized spacial score (nSPS) is 19.8. The van der Waals surface area contributed by atoms with Gasteiger partial charge in [-0.05, 0) is 38.0 Å². The number of carbonyl (C=O) groups is 1. The van der Waals surface area contributed by atoms with Crippen LogP contribution in [0.2, 0.25) is 0 Å². The van der Waals surface area contributed by atoms with Crippen LogP contribution in [0.15, 0.2) is 23.1 Å². The zero-order chi connectivity index (χ0) is 19.3. The number of nitrogens with one attached hydrogen (secondary N) is 1.